The second-order valence-corrected chi connectivity index (χ2v) is 20.8. The lowest BCUT2D eigenvalue weighted by Crippen LogP contribution is -2.42. The topological polar surface area (TPSA) is 74.3 Å². The lowest BCUT2D eigenvalue weighted by molar-refractivity contribution is -0.128. The van der Waals surface area contributed by atoms with Gasteiger partial charge in [-0.15, -0.1) is 0 Å². The molecule has 0 aliphatic heterocycles. The molecule has 3 aromatic carbocycles. The van der Waals surface area contributed by atoms with Crippen molar-refractivity contribution >= 4 is 26.8 Å². The molecule has 4 nitrogen and oxygen atoms in total. The van der Waals surface area contributed by atoms with Crippen molar-refractivity contribution in [2.24, 2.45) is 16.7 Å². The molecule has 5 aliphatic rings. The van der Waals surface area contributed by atoms with E-state index in [-0.39, 0.29) is 28.0 Å². The van der Waals surface area contributed by atoms with Gasteiger partial charge in [0.15, 0.2) is 14.7 Å². The van der Waals surface area contributed by atoms with Gasteiger partial charge in [-0.05, 0) is 134 Å². The zero-order valence-electron chi connectivity index (χ0n) is 31.6. The van der Waals surface area contributed by atoms with E-state index in [4.69, 9.17) is 0 Å². The van der Waals surface area contributed by atoms with Crippen molar-refractivity contribution in [3.8, 4) is 0 Å². The Kier molecular flexibility index (Phi) is 11.8. The van der Waals surface area contributed by atoms with Crippen LogP contribution in [0.4, 0.5) is 0 Å². The Morgan fingerprint density at radius 1 is 0.577 bits per heavy atom. The van der Waals surface area contributed by atoms with E-state index in [1.807, 2.05) is 13.8 Å². The van der Waals surface area contributed by atoms with Crippen LogP contribution in [0.25, 0.3) is 0 Å². The fraction of sp³-hybridized carbons (Fsp3) is 0.587. The number of hydrogen-bond acceptors (Lipinski definition) is 4. The van der Waals surface area contributed by atoms with Crippen LogP contribution >= 0.6 is 0 Å². The number of rotatable bonds is 8. The lowest BCUT2D eigenvalue weighted by atomic mass is 9.70. The molecule has 2 unspecified atom stereocenters. The Bertz CT molecular complexity index is 1600. The van der Waals surface area contributed by atoms with Crippen LogP contribution in [0.15, 0.2) is 87.5 Å². The SMILES string of the molecule is CC1(C)C2CCC1(CS(=O)(=O)[O-])C(=O)C2.c1cc([S+](c2ccc(C3CCCCC3)cc2)c2ccc(C3CCCCC3)cc2)ccc1C1CCCCC1. The highest BCUT2D eigenvalue weighted by atomic mass is 32.2. The second-order valence-electron chi connectivity index (χ2n) is 17.4. The van der Waals surface area contributed by atoms with Gasteiger partial charge < -0.3 is 4.55 Å². The summed E-state index contributed by atoms with van der Waals surface area (Å²) in [4.78, 5) is 16.3. The molecule has 5 aliphatic carbocycles. The van der Waals surface area contributed by atoms with Crippen LogP contribution in [0.1, 0.15) is 164 Å². The Labute approximate surface area is 317 Å². The van der Waals surface area contributed by atoms with Crippen LogP contribution in [0.2, 0.25) is 0 Å². The third kappa shape index (κ3) is 8.15. The first-order valence-electron chi connectivity index (χ1n) is 20.6. The maximum absolute atomic E-state index is 11.8. The summed E-state index contributed by atoms with van der Waals surface area (Å²) in [5, 5.41) is 0. The summed E-state index contributed by atoms with van der Waals surface area (Å²) >= 11 is 0. The summed E-state index contributed by atoms with van der Waals surface area (Å²) < 4.78 is 32.7. The van der Waals surface area contributed by atoms with Crippen molar-refractivity contribution < 1.29 is 17.8 Å². The van der Waals surface area contributed by atoms with E-state index in [2.05, 4.69) is 72.8 Å². The number of fused-ring (bicyclic) bond motifs is 2. The van der Waals surface area contributed by atoms with E-state index >= 15 is 0 Å². The Hall–Kier alpha value is -2.41. The van der Waals surface area contributed by atoms with Gasteiger partial charge in [0.1, 0.15) is 5.78 Å². The normalized spacial score (nSPS) is 25.6. The first kappa shape index (κ1) is 37.9. The van der Waals surface area contributed by atoms with Crippen LogP contribution in [0.3, 0.4) is 0 Å². The minimum absolute atomic E-state index is 0.0248. The molecule has 2 atom stereocenters. The van der Waals surface area contributed by atoms with Gasteiger partial charge in [-0.25, -0.2) is 8.42 Å². The largest absolute Gasteiger partial charge is 0.748 e. The first-order valence-corrected chi connectivity index (χ1v) is 23.4. The molecule has 0 saturated heterocycles. The van der Waals surface area contributed by atoms with Gasteiger partial charge >= 0.3 is 0 Å². The smallest absolute Gasteiger partial charge is 0.166 e. The standard InChI is InChI=1S/C36H45S.C10H16O4S/c1-4-10-28(11-5-1)31-16-22-34(23-17-31)37(35-24-18-32(19-25-35)29-12-6-2-7-13-29)36-26-20-33(21-27-36)30-14-8-3-9-15-30;1-9(2)7-3-4-10(9,8(11)5-7)6-15(12,13)14/h16-30H,1-15H2;7H,3-6H2,1-2H3,(H,12,13,14)/q+1;/p-1. The van der Waals surface area contributed by atoms with Crippen LogP contribution in [-0.2, 0) is 25.8 Å². The maximum Gasteiger partial charge on any atom is 0.166 e. The molecule has 52 heavy (non-hydrogen) atoms. The fourth-order valence-corrected chi connectivity index (χ4v) is 14.1. The minimum atomic E-state index is -4.33. The predicted octanol–water partition coefficient (Wildman–Crippen LogP) is 11.9. The number of carbonyl (C=O) groups excluding carboxylic acids is 1. The highest BCUT2D eigenvalue weighted by molar-refractivity contribution is 7.97. The van der Waals surface area contributed by atoms with Gasteiger partial charge in [-0.1, -0.05) is 108 Å². The van der Waals surface area contributed by atoms with E-state index in [9.17, 15) is 17.8 Å². The molecule has 280 valence electrons. The molecular formula is C46H60O4S2. The third-order valence-electron chi connectivity index (χ3n) is 14.1. The molecule has 5 fully saturated rings. The molecule has 0 heterocycles. The predicted molar refractivity (Wildman–Crippen MR) is 212 cm³/mol. The third-order valence-corrected chi connectivity index (χ3v) is 17.2. The minimum Gasteiger partial charge on any atom is -0.748 e. The average molecular weight is 741 g/mol. The van der Waals surface area contributed by atoms with E-state index < -0.39 is 21.3 Å². The second kappa shape index (κ2) is 16.1. The van der Waals surface area contributed by atoms with E-state index in [1.165, 1.54) is 111 Å². The van der Waals surface area contributed by atoms with Gasteiger partial charge in [0.25, 0.3) is 0 Å². The monoisotopic (exact) mass is 740 g/mol. The summed E-state index contributed by atoms with van der Waals surface area (Å²) in [5.74, 6) is 2.04. The summed E-state index contributed by atoms with van der Waals surface area (Å²) in [6, 6.07) is 29.5. The molecule has 0 N–H and O–H groups in total. The number of Topliss-reactive ketones (excluding diaryl/α,β-unsaturated/α-hetero) is 1. The Balaban J connectivity index is 0.000000234. The van der Waals surface area contributed by atoms with Gasteiger partial charge in [0.05, 0.1) is 26.8 Å². The van der Waals surface area contributed by atoms with Crippen molar-refractivity contribution in [3.05, 3.63) is 89.5 Å². The Morgan fingerprint density at radius 3 is 1.19 bits per heavy atom. The molecule has 2 bridgehead atoms. The summed E-state index contributed by atoms with van der Waals surface area (Å²) in [7, 11) is -4.38. The van der Waals surface area contributed by atoms with Crippen molar-refractivity contribution in [3.63, 3.8) is 0 Å². The van der Waals surface area contributed by atoms with Crippen LogP contribution in [0.5, 0.6) is 0 Å². The summed E-state index contributed by atoms with van der Waals surface area (Å²) in [5.41, 5.74) is 3.46. The number of hydrogen-bond donors (Lipinski definition) is 0. The van der Waals surface area contributed by atoms with Crippen LogP contribution in [0, 0.1) is 16.7 Å². The molecule has 6 heteroatoms. The van der Waals surface area contributed by atoms with Crippen LogP contribution in [-0.4, -0.2) is 24.5 Å². The Morgan fingerprint density at radius 2 is 0.923 bits per heavy atom. The molecular weight excluding hydrogens is 681 g/mol. The summed E-state index contributed by atoms with van der Waals surface area (Å²) in [6.45, 7) is 3.83. The maximum atomic E-state index is 11.8. The highest BCUT2D eigenvalue weighted by Crippen LogP contribution is 2.64. The molecule has 8 rings (SSSR count). The van der Waals surface area contributed by atoms with Gasteiger partial charge in [0.2, 0.25) is 0 Å². The van der Waals surface area contributed by atoms with Gasteiger partial charge in [0, 0.05) is 11.8 Å². The van der Waals surface area contributed by atoms with Crippen molar-refractivity contribution in [2.45, 2.75) is 162 Å². The van der Waals surface area contributed by atoms with Gasteiger partial charge in [-0.2, -0.15) is 0 Å². The zero-order chi connectivity index (χ0) is 36.3. The van der Waals surface area contributed by atoms with Gasteiger partial charge in [-0.3, -0.25) is 4.79 Å². The first-order chi connectivity index (χ1) is 25.0. The van der Waals surface area contributed by atoms with Crippen molar-refractivity contribution in [1.82, 2.24) is 0 Å². The molecule has 5 saturated carbocycles. The number of carbonyl (C=O) groups is 1. The molecule has 0 amide bonds. The zero-order valence-corrected chi connectivity index (χ0v) is 33.3. The van der Waals surface area contributed by atoms with Crippen molar-refractivity contribution in [1.29, 1.82) is 0 Å². The fourth-order valence-electron chi connectivity index (χ4n) is 10.8. The van der Waals surface area contributed by atoms with Crippen molar-refractivity contribution in [2.75, 3.05) is 5.75 Å². The number of benzene rings is 3. The lowest BCUT2D eigenvalue weighted by Gasteiger charge is -2.37. The van der Waals surface area contributed by atoms with E-state index in [0.29, 0.717) is 12.8 Å². The van der Waals surface area contributed by atoms with E-state index in [1.54, 1.807) is 16.7 Å². The molecule has 0 spiro atoms. The number of ketones is 1. The quantitative estimate of drug-likeness (QED) is 0.170. The van der Waals surface area contributed by atoms with E-state index in [0.717, 1.165) is 24.2 Å². The average Bonchev–Trinajstić information content (AvgIpc) is 3.51. The molecule has 0 aromatic heterocycles. The highest BCUT2D eigenvalue weighted by Gasteiger charge is 2.64. The molecule has 3 aromatic rings. The molecule has 0 radical (unpaired) electrons. The summed E-state index contributed by atoms with van der Waals surface area (Å²) in [6.07, 6.45) is 22.8. The van der Waals surface area contributed by atoms with Crippen LogP contribution < -0.4 is 0 Å².